The van der Waals surface area contributed by atoms with E-state index in [9.17, 15) is 0 Å². The number of nitrogens with zero attached hydrogens (tertiary/aromatic N) is 1. The molecule has 0 aliphatic rings. The highest BCUT2D eigenvalue weighted by Crippen LogP contribution is 2.22. The van der Waals surface area contributed by atoms with Crippen molar-refractivity contribution in [3.05, 3.63) is 71.3 Å². The summed E-state index contributed by atoms with van der Waals surface area (Å²) in [5.74, 6) is 0.872. The van der Waals surface area contributed by atoms with Crippen LogP contribution in [0.3, 0.4) is 0 Å². The minimum absolute atomic E-state index is 0.872. The molecule has 3 heteroatoms. The fourth-order valence-electron chi connectivity index (χ4n) is 2.72. The Morgan fingerprint density at radius 1 is 0.917 bits per heavy atom. The summed E-state index contributed by atoms with van der Waals surface area (Å²) in [6.45, 7) is 6.19. The zero-order valence-electron chi connectivity index (χ0n) is 14.6. The number of ether oxygens (including phenoxy) is 1. The van der Waals surface area contributed by atoms with E-state index in [1.807, 2.05) is 19.1 Å². The molecule has 0 bridgehead atoms. The van der Waals surface area contributed by atoms with Gasteiger partial charge in [-0.15, -0.1) is 0 Å². The Morgan fingerprint density at radius 2 is 1.67 bits per heavy atom. The largest absolute Gasteiger partial charge is 0.497 e. The molecule has 0 spiro atoms. The number of anilines is 1. The molecule has 3 aromatic carbocycles. The number of hydrogen-bond acceptors (Lipinski definition) is 3. The van der Waals surface area contributed by atoms with Gasteiger partial charge in [0, 0.05) is 0 Å². The van der Waals surface area contributed by atoms with Crippen molar-refractivity contribution in [2.24, 2.45) is 5.10 Å². The van der Waals surface area contributed by atoms with Crippen LogP contribution in [-0.2, 0) is 0 Å². The first-order chi connectivity index (χ1) is 11.6. The summed E-state index contributed by atoms with van der Waals surface area (Å²) in [5.41, 5.74) is 8.70. The number of benzene rings is 3. The van der Waals surface area contributed by atoms with Gasteiger partial charge < -0.3 is 4.74 Å². The van der Waals surface area contributed by atoms with Crippen LogP contribution in [0.1, 0.15) is 23.6 Å². The lowest BCUT2D eigenvalue weighted by Crippen LogP contribution is -2.01. The van der Waals surface area contributed by atoms with Gasteiger partial charge in [0.05, 0.1) is 18.5 Å². The molecule has 0 atom stereocenters. The number of methoxy groups -OCH3 is 1. The van der Waals surface area contributed by atoms with Crippen molar-refractivity contribution in [3.63, 3.8) is 0 Å². The fraction of sp³-hybridized carbons (Fsp3) is 0.190. The van der Waals surface area contributed by atoms with Gasteiger partial charge in [-0.05, 0) is 66.9 Å². The summed E-state index contributed by atoms with van der Waals surface area (Å²) in [6.07, 6.45) is 0. The summed E-state index contributed by atoms with van der Waals surface area (Å²) in [4.78, 5) is 0. The van der Waals surface area contributed by atoms with Crippen LogP contribution in [0.5, 0.6) is 5.75 Å². The van der Waals surface area contributed by atoms with Gasteiger partial charge in [-0.2, -0.15) is 5.10 Å². The van der Waals surface area contributed by atoms with E-state index >= 15 is 0 Å². The Bertz CT molecular complexity index is 913. The normalized spacial score (nSPS) is 11.6. The summed E-state index contributed by atoms with van der Waals surface area (Å²) in [6, 6.07) is 18.7. The Morgan fingerprint density at radius 3 is 2.42 bits per heavy atom. The van der Waals surface area contributed by atoms with Gasteiger partial charge in [0.1, 0.15) is 5.75 Å². The predicted molar refractivity (Wildman–Crippen MR) is 102 cm³/mol. The first-order valence-corrected chi connectivity index (χ1v) is 8.02. The summed E-state index contributed by atoms with van der Waals surface area (Å²) in [5, 5.41) is 6.87. The third kappa shape index (κ3) is 3.40. The zero-order valence-corrected chi connectivity index (χ0v) is 14.6. The molecule has 0 saturated heterocycles. The lowest BCUT2D eigenvalue weighted by Gasteiger charge is -2.08. The van der Waals surface area contributed by atoms with Crippen LogP contribution in [0.25, 0.3) is 10.8 Å². The molecule has 0 aliphatic heterocycles. The molecule has 0 fully saturated rings. The Hall–Kier alpha value is -2.81. The Balaban J connectivity index is 1.85. The van der Waals surface area contributed by atoms with Crippen LogP contribution in [0.2, 0.25) is 0 Å². The number of aryl methyl sites for hydroxylation is 2. The van der Waals surface area contributed by atoms with Gasteiger partial charge in [0.2, 0.25) is 0 Å². The highest BCUT2D eigenvalue weighted by molar-refractivity contribution is 6.02. The van der Waals surface area contributed by atoms with Crippen LogP contribution in [0, 0.1) is 13.8 Å². The van der Waals surface area contributed by atoms with E-state index in [-0.39, 0.29) is 0 Å². The van der Waals surface area contributed by atoms with E-state index in [0.717, 1.165) is 28.1 Å². The van der Waals surface area contributed by atoms with Crippen LogP contribution in [0.15, 0.2) is 59.7 Å². The van der Waals surface area contributed by atoms with Crippen molar-refractivity contribution in [1.29, 1.82) is 0 Å². The summed E-state index contributed by atoms with van der Waals surface area (Å²) in [7, 11) is 1.69. The molecule has 3 aromatic rings. The maximum atomic E-state index is 5.27. The minimum atomic E-state index is 0.872. The molecule has 0 aromatic heterocycles. The maximum Gasteiger partial charge on any atom is 0.119 e. The van der Waals surface area contributed by atoms with E-state index < -0.39 is 0 Å². The van der Waals surface area contributed by atoms with Gasteiger partial charge in [-0.25, -0.2) is 0 Å². The second-order valence-corrected chi connectivity index (χ2v) is 6.06. The van der Waals surface area contributed by atoms with Crippen molar-refractivity contribution >= 4 is 22.2 Å². The van der Waals surface area contributed by atoms with E-state index in [1.165, 1.54) is 16.5 Å². The van der Waals surface area contributed by atoms with Crippen LogP contribution >= 0.6 is 0 Å². The molecule has 122 valence electrons. The molecular weight excluding hydrogens is 296 g/mol. The smallest absolute Gasteiger partial charge is 0.119 e. The lowest BCUT2D eigenvalue weighted by molar-refractivity contribution is 0.415. The maximum absolute atomic E-state index is 5.27. The molecule has 0 heterocycles. The molecule has 0 saturated carbocycles. The van der Waals surface area contributed by atoms with Gasteiger partial charge >= 0.3 is 0 Å². The fourth-order valence-corrected chi connectivity index (χ4v) is 2.72. The topological polar surface area (TPSA) is 33.6 Å². The predicted octanol–water partition coefficient (Wildman–Crippen LogP) is 5.30. The van der Waals surface area contributed by atoms with Crippen molar-refractivity contribution in [1.82, 2.24) is 0 Å². The third-order valence-corrected chi connectivity index (χ3v) is 4.19. The molecule has 3 rings (SSSR count). The van der Waals surface area contributed by atoms with Crippen LogP contribution < -0.4 is 10.2 Å². The van der Waals surface area contributed by atoms with Crippen molar-refractivity contribution in [3.8, 4) is 5.75 Å². The number of nitrogens with one attached hydrogen (secondary N) is 1. The van der Waals surface area contributed by atoms with Gasteiger partial charge in [0.15, 0.2) is 0 Å². The van der Waals surface area contributed by atoms with Gasteiger partial charge in [-0.3, -0.25) is 5.43 Å². The standard InChI is InChI=1S/C21H22N2O/c1-14-5-10-21(15(2)11-14)23-22-16(3)17-6-7-19-13-20(24-4)9-8-18(19)12-17/h5-13,23H,1-4H3/b22-16-. The molecule has 0 aliphatic carbocycles. The average Bonchev–Trinajstić information content (AvgIpc) is 2.59. The Labute approximate surface area is 143 Å². The van der Waals surface area contributed by atoms with Crippen molar-refractivity contribution in [2.75, 3.05) is 12.5 Å². The molecule has 0 amide bonds. The molecular formula is C21H22N2O. The van der Waals surface area contributed by atoms with Crippen molar-refractivity contribution in [2.45, 2.75) is 20.8 Å². The van der Waals surface area contributed by atoms with Gasteiger partial charge in [-0.1, -0.05) is 35.9 Å². The summed E-state index contributed by atoms with van der Waals surface area (Å²) >= 11 is 0. The number of fused-ring (bicyclic) bond motifs is 1. The second-order valence-electron chi connectivity index (χ2n) is 6.06. The minimum Gasteiger partial charge on any atom is -0.497 e. The molecule has 1 N–H and O–H groups in total. The first-order valence-electron chi connectivity index (χ1n) is 8.02. The highest BCUT2D eigenvalue weighted by atomic mass is 16.5. The van der Waals surface area contributed by atoms with Crippen molar-refractivity contribution < 1.29 is 4.74 Å². The van der Waals surface area contributed by atoms with Gasteiger partial charge in [0.25, 0.3) is 0 Å². The third-order valence-electron chi connectivity index (χ3n) is 4.19. The van der Waals surface area contributed by atoms with E-state index in [0.29, 0.717) is 0 Å². The van der Waals surface area contributed by atoms with Crippen LogP contribution in [-0.4, -0.2) is 12.8 Å². The van der Waals surface area contributed by atoms with E-state index in [4.69, 9.17) is 4.74 Å². The second kappa shape index (κ2) is 6.75. The number of hydrazone groups is 1. The SMILES string of the molecule is COc1ccc2cc(/C(C)=N\Nc3ccc(C)cc3C)ccc2c1. The van der Waals surface area contributed by atoms with E-state index in [2.05, 4.69) is 66.8 Å². The number of hydrogen-bond donors (Lipinski definition) is 1. The highest BCUT2D eigenvalue weighted by Gasteiger charge is 2.02. The quantitative estimate of drug-likeness (QED) is 0.523. The van der Waals surface area contributed by atoms with E-state index in [1.54, 1.807) is 7.11 Å². The first kappa shape index (κ1) is 16.1. The molecule has 24 heavy (non-hydrogen) atoms. The molecule has 0 unspecified atom stereocenters. The molecule has 3 nitrogen and oxygen atoms in total. The average molecular weight is 318 g/mol. The Kier molecular flexibility index (Phi) is 4.52. The summed E-state index contributed by atoms with van der Waals surface area (Å²) < 4.78 is 5.27. The number of rotatable bonds is 4. The zero-order chi connectivity index (χ0) is 17.1. The van der Waals surface area contributed by atoms with Crippen LogP contribution in [0.4, 0.5) is 5.69 Å². The molecule has 0 radical (unpaired) electrons. The monoisotopic (exact) mass is 318 g/mol. The lowest BCUT2D eigenvalue weighted by atomic mass is 10.0.